The molecule has 0 aromatic carbocycles. The van der Waals surface area contributed by atoms with E-state index in [9.17, 15) is 26.3 Å². The second kappa shape index (κ2) is 8.16. The van der Waals surface area contributed by atoms with Crippen LogP contribution in [0.1, 0.15) is 25.0 Å². The second-order valence-corrected chi connectivity index (χ2v) is 8.79. The number of rotatable bonds is 5. The van der Waals surface area contributed by atoms with Crippen molar-refractivity contribution in [3.8, 4) is 0 Å². The topological polar surface area (TPSA) is 37.8 Å². The van der Waals surface area contributed by atoms with Crippen LogP contribution in [-0.2, 0) is 12.4 Å². The van der Waals surface area contributed by atoms with Crippen molar-refractivity contribution in [2.24, 2.45) is 0 Å². The van der Waals surface area contributed by atoms with Crippen LogP contribution in [0.25, 0.3) is 0 Å². The Morgan fingerprint density at radius 3 is 1.86 bits per heavy atom. The predicted molar refractivity (Wildman–Crippen MR) is 96.9 cm³/mol. The lowest BCUT2D eigenvalue weighted by Crippen LogP contribution is -2.27. The molecule has 3 nitrogen and oxygen atoms in total. The Hall–Kier alpha value is -1.39. The number of hydrogen-bond donors (Lipinski definition) is 1. The maximum absolute atomic E-state index is 12.7. The van der Waals surface area contributed by atoms with Crippen LogP contribution >= 0.6 is 35.0 Å². The first-order valence-electron chi connectivity index (χ1n) is 7.57. The van der Waals surface area contributed by atoms with Gasteiger partial charge >= 0.3 is 12.4 Å². The molecule has 1 N–H and O–H groups in total. The minimum Gasteiger partial charge on any atom is -0.367 e. The smallest absolute Gasteiger partial charge is 0.367 e. The highest BCUT2D eigenvalue weighted by atomic mass is 35.5. The van der Waals surface area contributed by atoms with Crippen LogP contribution in [0.5, 0.6) is 0 Å². The number of pyridine rings is 2. The van der Waals surface area contributed by atoms with E-state index in [-0.39, 0.29) is 27.4 Å². The Balaban J connectivity index is 2.09. The van der Waals surface area contributed by atoms with Crippen LogP contribution in [0.3, 0.4) is 0 Å². The van der Waals surface area contributed by atoms with Crippen LogP contribution < -0.4 is 5.32 Å². The minimum atomic E-state index is -4.56. The molecule has 0 atom stereocenters. The molecule has 154 valence electrons. The first kappa shape index (κ1) is 22.9. The van der Waals surface area contributed by atoms with E-state index in [0.29, 0.717) is 12.4 Å². The Morgan fingerprint density at radius 1 is 0.893 bits per heavy atom. The summed E-state index contributed by atoms with van der Waals surface area (Å²) in [5, 5.41) is 2.65. The van der Waals surface area contributed by atoms with Crippen molar-refractivity contribution in [3.63, 3.8) is 0 Å². The van der Waals surface area contributed by atoms with Crippen LogP contribution in [0, 0.1) is 0 Å². The third-order valence-corrected chi connectivity index (χ3v) is 5.26. The van der Waals surface area contributed by atoms with Crippen molar-refractivity contribution in [1.82, 2.24) is 9.97 Å². The number of aromatic nitrogens is 2. The summed E-state index contributed by atoms with van der Waals surface area (Å²) in [6, 6.07) is 1.54. The molecular formula is C16H13Cl2F6N3S. The van der Waals surface area contributed by atoms with Gasteiger partial charge in [0.2, 0.25) is 0 Å². The van der Waals surface area contributed by atoms with Crippen LogP contribution in [0.15, 0.2) is 29.6 Å². The van der Waals surface area contributed by atoms with E-state index in [1.807, 2.05) is 0 Å². The normalized spacial score (nSPS) is 12.9. The molecule has 0 saturated carbocycles. The van der Waals surface area contributed by atoms with Gasteiger partial charge in [0.25, 0.3) is 0 Å². The number of alkyl halides is 6. The molecular weight excluding hydrogens is 451 g/mol. The molecule has 0 bridgehead atoms. The van der Waals surface area contributed by atoms with Crippen molar-refractivity contribution in [2.75, 3.05) is 11.9 Å². The molecule has 12 heteroatoms. The zero-order valence-electron chi connectivity index (χ0n) is 14.3. The van der Waals surface area contributed by atoms with E-state index in [1.165, 1.54) is 0 Å². The molecule has 28 heavy (non-hydrogen) atoms. The summed E-state index contributed by atoms with van der Waals surface area (Å²) < 4.78 is 75.3. The van der Waals surface area contributed by atoms with E-state index in [4.69, 9.17) is 23.2 Å². The quantitative estimate of drug-likeness (QED) is 0.390. The van der Waals surface area contributed by atoms with Crippen LogP contribution in [-0.4, -0.2) is 21.3 Å². The molecule has 0 fully saturated rings. The van der Waals surface area contributed by atoms with Gasteiger partial charge in [-0.2, -0.15) is 26.3 Å². The fraction of sp³-hybridized carbons (Fsp3) is 0.375. The van der Waals surface area contributed by atoms with Gasteiger partial charge in [0.05, 0.1) is 21.2 Å². The van der Waals surface area contributed by atoms with E-state index in [2.05, 4.69) is 15.3 Å². The fourth-order valence-electron chi connectivity index (χ4n) is 1.97. The number of hydrogen-bond acceptors (Lipinski definition) is 4. The van der Waals surface area contributed by atoms with Gasteiger partial charge in [-0.3, -0.25) is 0 Å². The third-order valence-electron chi connectivity index (χ3n) is 3.36. The number of nitrogens with one attached hydrogen (secondary N) is 1. The van der Waals surface area contributed by atoms with Crippen LogP contribution in [0.4, 0.5) is 32.2 Å². The van der Waals surface area contributed by atoms with Crippen molar-refractivity contribution < 1.29 is 26.3 Å². The summed E-state index contributed by atoms with van der Waals surface area (Å²) in [7, 11) is 0. The monoisotopic (exact) mass is 463 g/mol. The lowest BCUT2D eigenvalue weighted by atomic mass is 10.2. The number of thioether (sulfide) groups is 1. The summed E-state index contributed by atoms with van der Waals surface area (Å²) in [6.45, 7) is 3.67. The molecule has 2 rings (SSSR count). The SMILES string of the molecule is CC(C)(CNc1ncc(C(F)(F)F)cc1Cl)Sc1ncc(C(F)(F)F)cc1Cl. The standard InChI is InChI=1S/C16H13Cl2F6N3S/c1-14(2,28-13-11(18)4-9(6-26-13)16(22,23)24)7-27-12-10(17)3-8(5-25-12)15(19,20)21/h3-6H,7H2,1-2H3,(H,25,27). The first-order valence-corrected chi connectivity index (χ1v) is 9.15. The Labute approximate surface area is 170 Å². The zero-order chi connectivity index (χ0) is 21.3. The molecule has 0 amide bonds. The van der Waals surface area contributed by atoms with Crippen molar-refractivity contribution in [1.29, 1.82) is 0 Å². The summed E-state index contributed by atoms with van der Waals surface area (Å²) >= 11 is 12.8. The highest BCUT2D eigenvalue weighted by Gasteiger charge is 2.33. The van der Waals surface area contributed by atoms with E-state index in [1.54, 1.807) is 13.8 Å². The molecule has 2 heterocycles. The molecule has 0 aliphatic rings. The first-order chi connectivity index (χ1) is 12.7. The third kappa shape index (κ3) is 6.05. The number of halogens is 8. The average molecular weight is 464 g/mol. The van der Waals surface area contributed by atoms with Crippen molar-refractivity contribution in [3.05, 3.63) is 45.7 Å². The minimum absolute atomic E-state index is 0.0508. The lowest BCUT2D eigenvalue weighted by Gasteiger charge is -2.25. The summed E-state index contributed by atoms with van der Waals surface area (Å²) in [4.78, 5) is 7.43. The molecule has 0 spiro atoms. The molecule has 0 unspecified atom stereocenters. The van der Waals surface area contributed by atoms with Crippen molar-refractivity contribution in [2.45, 2.75) is 36.0 Å². The number of nitrogens with zero attached hydrogens (tertiary/aromatic N) is 2. The van der Waals surface area contributed by atoms with E-state index in [0.717, 1.165) is 23.9 Å². The highest BCUT2D eigenvalue weighted by molar-refractivity contribution is 8.00. The van der Waals surface area contributed by atoms with Gasteiger partial charge in [0.1, 0.15) is 10.8 Å². The van der Waals surface area contributed by atoms with Gasteiger partial charge in [-0.1, -0.05) is 35.0 Å². The summed E-state index contributed by atoms with van der Waals surface area (Å²) in [5.41, 5.74) is -1.93. The van der Waals surface area contributed by atoms with Gasteiger partial charge in [-0.15, -0.1) is 0 Å². The fourth-order valence-corrected chi connectivity index (χ4v) is 3.42. The zero-order valence-corrected chi connectivity index (χ0v) is 16.7. The summed E-state index contributed by atoms with van der Waals surface area (Å²) in [5.74, 6) is 0.0508. The summed E-state index contributed by atoms with van der Waals surface area (Å²) in [6.07, 6.45) is -7.77. The van der Waals surface area contributed by atoms with Gasteiger partial charge < -0.3 is 5.32 Å². The Kier molecular flexibility index (Phi) is 6.67. The molecule has 0 saturated heterocycles. The molecule has 0 aliphatic carbocycles. The van der Waals surface area contributed by atoms with Gasteiger partial charge in [-0.25, -0.2) is 9.97 Å². The Bertz CT molecular complexity index is 855. The van der Waals surface area contributed by atoms with Crippen molar-refractivity contribution >= 4 is 40.8 Å². The molecule has 0 aliphatic heterocycles. The van der Waals surface area contributed by atoms with Gasteiger partial charge in [-0.05, 0) is 26.0 Å². The van der Waals surface area contributed by atoms with E-state index < -0.39 is 28.2 Å². The maximum atomic E-state index is 12.7. The van der Waals surface area contributed by atoms with Gasteiger partial charge in [0.15, 0.2) is 0 Å². The maximum Gasteiger partial charge on any atom is 0.417 e. The average Bonchev–Trinajstić information content (AvgIpc) is 2.53. The highest BCUT2D eigenvalue weighted by Crippen LogP contribution is 2.39. The largest absolute Gasteiger partial charge is 0.417 e. The molecule has 2 aromatic heterocycles. The van der Waals surface area contributed by atoms with E-state index >= 15 is 0 Å². The second-order valence-electron chi connectivity index (χ2n) is 6.28. The van der Waals surface area contributed by atoms with Gasteiger partial charge in [0, 0.05) is 23.7 Å². The molecule has 2 aromatic rings. The number of anilines is 1. The van der Waals surface area contributed by atoms with Crippen LogP contribution in [0.2, 0.25) is 10.0 Å². The Morgan fingerprint density at radius 2 is 1.39 bits per heavy atom. The lowest BCUT2D eigenvalue weighted by molar-refractivity contribution is -0.138. The molecule has 0 radical (unpaired) electrons. The predicted octanol–water partition coefficient (Wildman–Crippen LogP) is 6.80.